The van der Waals surface area contributed by atoms with E-state index in [1.54, 1.807) is 6.92 Å². The van der Waals surface area contributed by atoms with Crippen LogP contribution in [0.3, 0.4) is 0 Å². The minimum atomic E-state index is -1.20. The summed E-state index contributed by atoms with van der Waals surface area (Å²) in [6.07, 6.45) is -0.279. The van der Waals surface area contributed by atoms with Gasteiger partial charge in [-0.15, -0.1) is 0 Å². The summed E-state index contributed by atoms with van der Waals surface area (Å²) < 4.78 is 9.78. The Labute approximate surface area is 86.9 Å². The first-order chi connectivity index (χ1) is 7.08. The van der Waals surface area contributed by atoms with Gasteiger partial charge in [0.25, 0.3) is 0 Å². The van der Waals surface area contributed by atoms with E-state index < -0.39 is 5.97 Å². The zero-order chi connectivity index (χ0) is 11.4. The molecule has 0 bridgehead atoms. The first-order valence-electron chi connectivity index (χ1n) is 4.23. The van der Waals surface area contributed by atoms with Crippen molar-refractivity contribution in [2.24, 2.45) is 0 Å². The number of nitrogens with zero attached hydrogens (tertiary/aromatic N) is 2. The summed E-state index contributed by atoms with van der Waals surface area (Å²) in [7, 11) is 2.83. The van der Waals surface area contributed by atoms with Gasteiger partial charge in [0.05, 0.1) is 19.9 Å². The highest BCUT2D eigenvalue weighted by molar-refractivity contribution is 5.69. The fourth-order valence-electron chi connectivity index (χ4n) is 1.15. The third kappa shape index (κ3) is 2.55. The number of aliphatic carboxylic acids is 1. The number of carboxylic acid groups (broad SMARTS) is 1. The quantitative estimate of drug-likeness (QED) is 0.641. The molecule has 0 saturated heterocycles. The molecular weight excluding hydrogens is 200 g/mol. The zero-order valence-electron chi connectivity index (χ0n) is 8.73. The van der Waals surface area contributed by atoms with Gasteiger partial charge in [-0.25, -0.2) is 4.98 Å². The first-order valence-corrected chi connectivity index (χ1v) is 4.23. The fourth-order valence-corrected chi connectivity index (χ4v) is 1.15. The topological polar surface area (TPSA) is 84.4 Å². The molecule has 0 aliphatic heterocycles. The Morgan fingerprint density at radius 2 is 2.00 bits per heavy atom. The van der Waals surface area contributed by atoms with Crippen LogP contribution in [0.5, 0.6) is 11.9 Å². The van der Waals surface area contributed by atoms with E-state index >= 15 is 0 Å². The van der Waals surface area contributed by atoms with E-state index in [4.69, 9.17) is 9.47 Å². The Hall–Kier alpha value is -1.85. The third-order valence-electron chi connectivity index (χ3n) is 1.85. The van der Waals surface area contributed by atoms with Crippen LogP contribution in [0.25, 0.3) is 0 Å². The van der Waals surface area contributed by atoms with Crippen molar-refractivity contribution in [3.63, 3.8) is 0 Å². The van der Waals surface area contributed by atoms with Gasteiger partial charge >= 0.3 is 6.01 Å². The molecule has 0 spiro atoms. The van der Waals surface area contributed by atoms with Crippen LogP contribution in [0.2, 0.25) is 0 Å². The number of aromatic nitrogens is 2. The average Bonchev–Trinajstić information content (AvgIpc) is 2.20. The number of methoxy groups -OCH3 is 2. The van der Waals surface area contributed by atoms with E-state index in [-0.39, 0.29) is 18.3 Å². The van der Waals surface area contributed by atoms with Crippen molar-refractivity contribution in [3.8, 4) is 11.9 Å². The summed E-state index contributed by atoms with van der Waals surface area (Å²) in [5, 5.41) is 10.5. The van der Waals surface area contributed by atoms with Crippen molar-refractivity contribution < 1.29 is 19.4 Å². The van der Waals surface area contributed by atoms with Crippen LogP contribution in [0.4, 0.5) is 0 Å². The number of carbonyl (C=O) groups is 1. The third-order valence-corrected chi connectivity index (χ3v) is 1.85. The molecule has 0 amide bonds. The first kappa shape index (κ1) is 11.2. The van der Waals surface area contributed by atoms with Crippen molar-refractivity contribution in [1.29, 1.82) is 0 Å². The van der Waals surface area contributed by atoms with E-state index in [9.17, 15) is 9.90 Å². The predicted molar refractivity (Wildman–Crippen MR) is 48.6 cm³/mol. The van der Waals surface area contributed by atoms with Crippen molar-refractivity contribution in [3.05, 3.63) is 11.3 Å². The monoisotopic (exact) mass is 211 g/mol. The van der Waals surface area contributed by atoms with Crippen LogP contribution >= 0.6 is 0 Å². The summed E-state index contributed by atoms with van der Waals surface area (Å²) in [5.41, 5.74) is 0.904. The number of carboxylic acids is 1. The molecule has 6 nitrogen and oxygen atoms in total. The number of aryl methyl sites for hydroxylation is 1. The van der Waals surface area contributed by atoms with Crippen LogP contribution in [0, 0.1) is 6.92 Å². The largest absolute Gasteiger partial charge is 0.550 e. The standard InChI is InChI=1S/C9H12N2O4/c1-5-6(4-7(12)13)8(14-2)11-9(10-5)15-3/h4H2,1-3H3,(H,12,13)/p-1. The number of rotatable bonds is 4. The molecule has 0 unspecified atom stereocenters. The highest BCUT2D eigenvalue weighted by Gasteiger charge is 2.12. The lowest BCUT2D eigenvalue weighted by Crippen LogP contribution is -2.25. The second-order valence-electron chi connectivity index (χ2n) is 2.83. The Balaban J connectivity index is 3.18. The molecule has 1 rings (SSSR count). The Kier molecular flexibility index (Phi) is 3.43. The highest BCUT2D eigenvalue weighted by atomic mass is 16.5. The van der Waals surface area contributed by atoms with Crippen LogP contribution < -0.4 is 14.6 Å². The van der Waals surface area contributed by atoms with Crippen LogP contribution in [-0.4, -0.2) is 30.2 Å². The van der Waals surface area contributed by atoms with Gasteiger partial charge in [0.15, 0.2) is 0 Å². The zero-order valence-corrected chi connectivity index (χ0v) is 8.73. The van der Waals surface area contributed by atoms with Crippen LogP contribution in [0.1, 0.15) is 11.3 Å². The van der Waals surface area contributed by atoms with Crippen molar-refractivity contribution in [2.75, 3.05) is 14.2 Å². The van der Waals surface area contributed by atoms with Gasteiger partial charge in [-0.2, -0.15) is 4.98 Å². The van der Waals surface area contributed by atoms with E-state index in [1.165, 1.54) is 14.2 Å². The summed E-state index contributed by atoms with van der Waals surface area (Å²) >= 11 is 0. The molecule has 6 heteroatoms. The van der Waals surface area contributed by atoms with E-state index in [0.29, 0.717) is 11.3 Å². The molecule has 0 radical (unpaired) electrons. The molecule has 0 N–H and O–H groups in total. The summed E-state index contributed by atoms with van der Waals surface area (Å²) in [6.45, 7) is 1.66. The molecule has 0 fully saturated rings. The molecule has 1 aromatic heterocycles. The minimum absolute atomic E-state index is 0.145. The summed E-state index contributed by atoms with van der Waals surface area (Å²) in [6, 6.07) is 0.145. The summed E-state index contributed by atoms with van der Waals surface area (Å²) in [4.78, 5) is 18.3. The number of ether oxygens (including phenoxy) is 2. The van der Waals surface area contributed by atoms with Gasteiger partial charge in [-0.05, 0) is 6.92 Å². The van der Waals surface area contributed by atoms with Crippen LogP contribution in [-0.2, 0) is 11.2 Å². The second-order valence-corrected chi connectivity index (χ2v) is 2.83. The molecule has 0 atom stereocenters. The molecule has 1 heterocycles. The molecule has 0 aromatic carbocycles. The number of hydrogen-bond donors (Lipinski definition) is 0. The van der Waals surface area contributed by atoms with Gasteiger partial charge in [0.1, 0.15) is 0 Å². The lowest BCUT2D eigenvalue weighted by molar-refractivity contribution is -0.304. The lowest BCUT2D eigenvalue weighted by Gasteiger charge is -2.11. The van der Waals surface area contributed by atoms with Gasteiger partial charge in [-0.3, -0.25) is 0 Å². The normalized spacial score (nSPS) is 9.80. The van der Waals surface area contributed by atoms with E-state index in [1.807, 2.05) is 0 Å². The average molecular weight is 211 g/mol. The SMILES string of the molecule is COc1nc(C)c(CC(=O)[O-])c(OC)n1. The molecule has 0 aliphatic carbocycles. The molecular formula is C9H11N2O4-. The predicted octanol–water partition coefficient (Wildman–Crippen LogP) is -0.905. The minimum Gasteiger partial charge on any atom is -0.550 e. The Bertz CT molecular complexity index is 379. The Morgan fingerprint density at radius 1 is 1.33 bits per heavy atom. The maximum atomic E-state index is 10.5. The van der Waals surface area contributed by atoms with Crippen molar-refractivity contribution >= 4 is 5.97 Å². The van der Waals surface area contributed by atoms with Gasteiger partial charge in [-0.1, -0.05) is 0 Å². The molecule has 0 saturated carbocycles. The fraction of sp³-hybridized carbons (Fsp3) is 0.444. The lowest BCUT2D eigenvalue weighted by atomic mass is 10.1. The van der Waals surface area contributed by atoms with Gasteiger partial charge < -0.3 is 19.4 Å². The van der Waals surface area contributed by atoms with E-state index in [0.717, 1.165) is 0 Å². The molecule has 1 aromatic rings. The highest BCUT2D eigenvalue weighted by Crippen LogP contribution is 2.21. The molecule has 0 aliphatic rings. The van der Waals surface area contributed by atoms with Crippen LogP contribution in [0.15, 0.2) is 0 Å². The van der Waals surface area contributed by atoms with Crippen molar-refractivity contribution in [1.82, 2.24) is 9.97 Å². The van der Waals surface area contributed by atoms with Gasteiger partial charge in [0.2, 0.25) is 5.88 Å². The van der Waals surface area contributed by atoms with Crippen molar-refractivity contribution in [2.45, 2.75) is 13.3 Å². The maximum Gasteiger partial charge on any atom is 0.319 e. The number of hydrogen-bond acceptors (Lipinski definition) is 6. The molecule has 82 valence electrons. The van der Waals surface area contributed by atoms with Gasteiger partial charge in [0, 0.05) is 18.0 Å². The maximum absolute atomic E-state index is 10.5. The number of carbonyl (C=O) groups excluding carboxylic acids is 1. The second kappa shape index (κ2) is 4.59. The smallest absolute Gasteiger partial charge is 0.319 e. The molecule has 15 heavy (non-hydrogen) atoms. The summed E-state index contributed by atoms with van der Waals surface area (Å²) in [5.74, 6) is -1.01. The van der Waals surface area contributed by atoms with E-state index in [2.05, 4.69) is 9.97 Å². The Morgan fingerprint density at radius 3 is 2.47 bits per heavy atom.